The number of benzene rings is 2. The number of carbonyl (C=O) groups excluding carboxylic acids is 2. The summed E-state index contributed by atoms with van der Waals surface area (Å²) >= 11 is 0. The Hall–Kier alpha value is -4.66. The van der Waals surface area contributed by atoms with Crippen molar-refractivity contribution in [1.29, 1.82) is 0 Å². The van der Waals surface area contributed by atoms with E-state index in [2.05, 4.69) is 10.1 Å². The molecule has 1 aliphatic rings. The summed E-state index contributed by atoms with van der Waals surface area (Å²) in [6.45, 7) is 0.420. The third-order valence-electron chi connectivity index (χ3n) is 6.48. The molecule has 1 unspecified atom stereocenters. The number of hydrogen-bond donors (Lipinski definition) is 0. The van der Waals surface area contributed by atoms with Crippen LogP contribution in [0.15, 0.2) is 79.1 Å². The van der Waals surface area contributed by atoms with E-state index in [0.29, 0.717) is 31.0 Å². The Morgan fingerprint density at radius 3 is 2.50 bits per heavy atom. The van der Waals surface area contributed by atoms with Gasteiger partial charge in [0, 0.05) is 31.1 Å². The molecule has 0 fully saturated rings. The minimum atomic E-state index is -0.642. The number of pyridine rings is 1. The van der Waals surface area contributed by atoms with E-state index >= 15 is 0 Å². The number of hydrogen-bond acceptors (Lipinski definition) is 7. The number of para-hydroxylation sites is 1. The Balaban J connectivity index is 1.18. The standard InChI is InChI=1S/C29H28N4O5/c1-36-23-10-7-20(8-11-23)19-38-24-12-13-27(30-18-24)32-16-15-22(31-32)9-14-28(34)33-25-6-4-3-5-21(25)17-26(33)29(35)37-2/h3-8,10-13,15-16,18,26H,9,14,17,19H2,1-2H3. The van der Waals surface area contributed by atoms with Crippen molar-refractivity contribution >= 4 is 17.6 Å². The summed E-state index contributed by atoms with van der Waals surface area (Å²) in [7, 11) is 2.98. The highest BCUT2D eigenvalue weighted by atomic mass is 16.5. The zero-order chi connectivity index (χ0) is 26.5. The first-order chi connectivity index (χ1) is 18.6. The van der Waals surface area contributed by atoms with E-state index in [9.17, 15) is 9.59 Å². The van der Waals surface area contributed by atoms with Crippen LogP contribution in [0, 0.1) is 0 Å². The second-order valence-electron chi connectivity index (χ2n) is 8.88. The number of amides is 1. The predicted octanol–water partition coefficient (Wildman–Crippen LogP) is 3.92. The molecule has 0 radical (unpaired) electrons. The molecule has 1 atom stereocenters. The first kappa shape index (κ1) is 25.0. The number of nitrogens with zero attached hydrogens (tertiary/aromatic N) is 4. The molecule has 194 valence electrons. The van der Waals surface area contributed by atoms with Gasteiger partial charge in [0.05, 0.1) is 26.1 Å². The number of fused-ring (bicyclic) bond motifs is 1. The molecule has 3 heterocycles. The van der Waals surface area contributed by atoms with Crippen LogP contribution in [-0.4, -0.2) is 46.9 Å². The van der Waals surface area contributed by atoms with Crippen molar-refractivity contribution in [1.82, 2.24) is 14.8 Å². The molecule has 2 aromatic heterocycles. The van der Waals surface area contributed by atoms with Crippen LogP contribution in [0.2, 0.25) is 0 Å². The van der Waals surface area contributed by atoms with Crippen molar-refractivity contribution in [3.05, 3.63) is 95.9 Å². The van der Waals surface area contributed by atoms with E-state index in [1.54, 1.807) is 22.9 Å². The first-order valence-corrected chi connectivity index (χ1v) is 12.3. The molecular weight excluding hydrogens is 484 g/mol. The lowest BCUT2D eigenvalue weighted by Crippen LogP contribution is -2.43. The number of aryl methyl sites for hydroxylation is 1. The molecule has 4 aromatic rings. The van der Waals surface area contributed by atoms with Crippen molar-refractivity contribution in [3.8, 4) is 17.3 Å². The fourth-order valence-electron chi connectivity index (χ4n) is 4.48. The lowest BCUT2D eigenvalue weighted by Gasteiger charge is -2.23. The number of methoxy groups -OCH3 is 2. The van der Waals surface area contributed by atoms with Gasteiger partial charge in [0.15, 0.2) is 5.82 Å². The van der Waals surface area contributed by atoms with Crippen LogP contribution >= 0.6 is 0 Å². The molecule has 9 nitrogen and oxygen atoms in total. The van der Waals surface area contributed by atoms with E-state index in [1.807, 2.05) is 72.9 Å². The third-order valence-corrected chi connectivity index (χ3v) is 6.48. The number of anilines is 1. The largest absolute Gasteiger partial charge is 0.497 e. The number of rotatable bonds is 9. The summed E-state index contributed by atoms with van der Waals surface area (Å²) in [6.07, 6.45) is 4.56. The molecular formula is C29H28N4O5. The van der Waals surface area contributed by atoms with Gasteiger partial charge in [-0.2, -0.15) is 5.10 Å². The molecule has 0 saturated carbocycles. The molecule has 9 heteroatoms. The molecule has 1 aliphatic heterocycles. The van der Waals surface area contributed by atoms with E-state index in [-0.39, 0.29) is 12.3 Å². The van der Waals surface area contributed by atoms with E-state index < -0.39 is 12.0 Å². The van der Waals surface area contributed by atoms with Gasteiger partial charge in [-0.3, -0.25) is 9.69 Å². The van der Waals surface area contributed by atoms with Gasteiger partial charge in [-0.25, -0.2) is 14.5 Å². The van der Waals surface area contributed by atoms with Crippen molar-refractivity contribution in [2.24, 2.45) is 0 Å². The summed E-state index contributed by atoms with van der Waals surface area (Å²) in [5.41, 5.74) is 3.50. The summed E-state index contributed by atoms with van der Waals surface area (Å²) < 4.78 is 17.6. The second kappa shape index (κ2) is 11.2. The summed E-state index contributed by atoms with van der Waals surface area (Å²) in [4.78, 5) is 31.5. The quantitative estimate of drug-likeness (QED) is 0.314. The maximum atomic E-state index is 13.2. The van der Waals surface area contributed by atoms with Gasteiger partial charge in [-0.05, 0) is 47.5 Å². The average molecular weight is 513 g/mol. The van der Waals surface area contributed by atoms with E-state index in [0.717, 1.165) is 28.3 Å². The number of ether oxygens (including phenoxy) is 3. The fourth-order valence-corrected chi connectivity index (χ4v) is 4.48. The van der Waals surface area contributed by atoms with E-state index in [4.69, 9.17) is 14.2 Å². The van der Waals surface area contributed by atoms with Crippen LogP contribution in [0.4, 0.5) is 5.69 Å². The molecule has 1 amide bonds. The van der Waals surface area contributed by atoms with Gasteiger partial charge < -0.3 is 14.2 Å². The molecule has 5 rings (SSSR count). The molecule has 0 spiro atoms. The molecule has 0 bridgehead atoms. The molecule has 0 saturated heterocycles. The molecule has 0 N–H and O–H groups in total. The Morgan fingerprint density at radius 2 is 1.76 bits per heavy atom. The highest BCUT2D eigenvalue weighted by molar-refractivity contribution is 6.02. The van der Waals surface area contributed by atoms with Gasteiger partial charge in [-0.1, -0.05) is 30.3 Å². The van der Waals surface area contributed by atoms with Crippen molar-refractivity contribution in [3.63, 3.8) is 0 Å². The lowest BCUT2D eigenvalue weighted by molar-refractivity contribution is -0.143. The van der Waals surface area contributed by atoms with Gasteiger partial charge in [0.1, 0.15) is 24.1 Å². The maximum absolute atomic E-state index is 13.2. The summed E-state index contributed by atoms with van der Waals surface area (Å²) in [5, 5.41) is 4.57. The number of aromatic nitrogens is 3. The first-order valence-electron chi connectivity index (χ1n) is 12.3. The fraction of sp³-hybridized carbons (Fsp3) is 0.241. The topological polar surface area (TPSA) is 95.8 Å². The van der Waals surface area contributed by atoms with Gasteiger partial charge in [0.2, 0.25) is 5.91 Å². The van der Waals surface area contributed by atoms with Crippen LogP contribution in [0.25, 0.3) is 5.82 Å². The monoisotopic (exact) mass is 512 g/mol. The van der Waals surface area contributed by atoms with Crippen LogP contribution in [0.3, 0.4) is 0 Å². The van der Waals surface area contributed by atoms with Crippen LogP contribution in [0.5, 0.6) is 11.5 Å². The number of esters is 1. The summed E-state index contributed by atoms with van der Waals surface area (Å²) in [5.74, 6) is 1.53. The van der Waals surface area contributed by atoms with Crippen LogP contribution < -0.4 is 14.4 Å². The highest BCUT2D eigenvalue weighted by Gasteiger charge is 2.38. The average Bonchev–Trinajstić information content (AvgIpc) is 3.60. The second-order valence-corrected chi connectivity index (χ2v) is 8.88. The molecule has 0 aliphatic carbocycles. The van der Waals surface area contributed by atoms with Gasteiger partial charge in [0.25, 0.3) is 0 Å². The minimum absolute atomic E-state index is 0.142. The Kier molecular flexibility index (Phi) is 7.35. The normalized spacial score (nSPS) is 14.2. The van der Waals surface area contributed by atoms with Crippen LogP contribution in [0.1, 0.15) is 23.2 Å². The number of carbonyl (C=O) groups is 2. The van der Waals surface area contributed by atoms with Crippen LogP contribution in [-0.2, 0) is 33.8 Å². The minimum Gasteiger partial charge on any atom is -0.497 e. The SMILES string of the molecule is COC(=O)C1Cc2ccccc2N1C(=O)CCc1ccn(-c2ccc(OCc3ccc(OC)cc3)cn2)n1. The van der Waals surface area contributed by atoms with Crippen molar-refractivity contribution in [2.45, 2.75) is 31.9 Å². The predicted molar refractivity (Wildman–Crippen MR) is 140 cm³/mol. The zero-order valence-corrected chi connectivity index (χ0v) is 21.2. The van der Waals surface area contributed by atoms with Crippen molar-refractivity contribution < 1.29 is 23.8 Å². The molecule has 2 aromatic carbocycles. The third kappa shape index (κ3) is 5.36. The Morgan fingerprint density at radius 1 is 0.974 bits per heavy atom. The van der Waals surface area contributed by atoms with Gasteiger partial charge >= 0.3 is 5.97 Å². The maximum Gasteiger partial charge on any atom is 0.329 e. The highest BCUT2D eigenvalue weighted by Crippen LogP contribution is 2.33. The summed E-state index contributed by atoms with van der Waals surface area (Å²) in [6, 6.07) is 20.1. The molecule has 38 heavy (non-hydrogen) atoms. The van der Waals surface area contributed by atoms with E-state index in [1.165, 1.54) is 7.11 Å². The lowest BCUT2D eigenvalue weighted by atomic mass is 10.1. The van der Waals surface area contributed by atoms with Crippen molar-refractivity contribution in [2.75, 3.05) is 19.1 Å². The smallest absolute Gasteiger partial charge is 0.329 e. The van der Waals surface area contributed by atoms with Gasteiger partial charge in [-0.15, -0.1) is 0 Å². The Labute approximate surface area is 220 Å². The zero-order valence-electron chi connectivity index (χ0n) is 21.2. The Bertz CT molecular complexity index is 1420.